The molecule has 0 saturated carbocycles. The number of pyridine rings is 1. The van der Waals surface area contributed by atoms with Gasteiger partial charge in [-0.1, -0.05) is 0 Å². The maximum atomic E-state index is 10.9. The Kier molecular flexibility index (Phi) is 3.27. The summed E-state index contributed by atoms with van der Waals surface area (Å²) in [7, 11) is 1.86. The number of carbonyl (C=O) groups is 1. The summed E-state index contributed by atoms with van der Waals surface area (Å²) in [5, 5.41) is 16.1. The number of carboxylic acids is 1. The monoisotopic (exact) mass is 246 g/mol. The van der Waals surface area contributed by atoms with Crippen molar-refractivity contribution in [2.45, 2.75) is 13.5 Å². The summed E-state index contributed by atoms with van der Waals surface area (Å²) in [6, 6.07) is 5.12. The summed E-state index contributed by atoms with van der Waals surface area (Å²) in [6.45, 7) is 2.27. The van der Waals surface area contributed by atoms with Crippen LogP contribution in [0.1, 0.15) is 21.7 Å². The first kappa shape index (κ1) is 12.1. The van der Waals surface area contributed by atoms with Gasteiger partial charge in [0.1, 0.15) is 5.82 Å². The Labute approximate surface area is 104 Å². The third kappa shape index (κ3) is 2.48. The van der Waals surface area contributed by atoms with Gasteiger partial charge in [-0.15, -0.1) is 0 Å². The van der Waals surface area contributed by atoms with E-state index in [1.54, 1.807) is 29.9 Å². The van der Waals surface area contributed by atoms with Crippen LogP contribution in [0.3, 0.4) is 0 Å². The average Bonchev–Trinajstić information content (AvgIpc) is 2.72. The van der Waals surface area contributed by atoms with E-state index < -0.39 is 5.97 Å². The number of hydrogen-bond acceptors (Lipinski definition) is 4. The molecule has 0 bridgehead atoms. The van der Waals surface area contributed by atoms with Crippen molar-refractivity contribution < 1.29 is 9.90 Å². The molecule has 2 rings (SSSR count). The van der Waals surface area contributed by atoms with E-state index in [0.717, 1.165) is 5.69 Å². The molecule has 0 aliphatic carbocycles. The van der Waals surface area contributed by atoms with E-state index in [2.05, 4.69) is 15.4 Å². The highest BCUT2D eigenvalue weighted by Gasteiger charge is 2.08. The minimum Gasteiger partial charge on any atom is -0.478 e. The van der Waals surface area contributed by atoms with Gasteiger partial charge in [0.25, 0.3) is 0 Å². The first-order valence-corrected chi connectivity index (χ1v) is 5.49. The summed E-state index contributed by atoms with van der Waals surface area (Å²) in [5.41, 5.74) is 1.75. The zero-order valence-corrected chi connectivity index (χ0v) is 10.2. The van der Waals surface area contributed by atoms with E-state index >= 15 is 0 Å². The average molecular weight is 246 g/mol. The molecule has 94 valence electrons. The van der Waals surface area contributed by atoms with Gasteiger partial charge in [0.05, 0.1) is 23.5 Å². The Morgan fingerprint density at radius 1 is 1.44 bits per heavy atom. The van der Waals surface area contributed by atoms with E-state index in [-0.39, 0.29) is 5.56 Å². The lowest BCUT2D eigenvalue weighted by Gasteiger charge is -2.07. The molecule has 0 aliphatic rings. The van der Waals surface area contributed by atoms with Gasteiger partial charge < -0.3 is 10.4 Å². The number of aromatic carboxylic acids is 1. The summed E-state index contributed by atoms with van der Waals surface area (Å²) < 4.78 is 1.77. The lowest BCUT2D eigenvalue weighted by atomic mass is 10.2. The van der Waals surface area contributed by atoms with Gasteiger partial charge >= 0.3 is 5.97 Å². The SMILES string of the molecule is Cc1nc(NCc2ccnn2C)ccc1C(=O)O. The number of anilines is 1. The molecule has 0 saturated heterocycles. The van der Waals surface area contributed by atoms with E-state index in [1.165, 1.54) is 0 Å². The van der Waals surface area contributed by atoms with Crippen LogP contribution in [0, 0.1) is 6.92 Å². The molecule has 18 heavy (non-hydrogen) atoms. The second-order valence-electron chi connectivity index (χ2n) is 3.93. The Bertz CT molecular complexity index is 577. The van der Waals surface area contributed by atoms with Gasteiger partial charge in [0.2, 0.25) is 0 Å². The molecule has 0 spiro atoms. The van der Waals surface area contributed by atoms with Crippen molar-refractivity contribution in [3.63, 3.8) is 0 Å². The van der Waals surface area contributed by atoms with E-state index in [4.69, 9.17) is 5.11 Å². The summed E-state index contributed by atoms with van der Waals surface area (Å²) >= 11 is 0. The van der Waals surface area contributed by atoms with Crippen LogP contribution < -0.4 is 5.32 Å². The van der Waals surface area contributed by atoms with Crippen LogP contribution in [0.25, 0.3) is 0 Å². The summed E-state index contributed by atoms with van der Waals surface area (Å²) in [5.74, 6) is -0.308. The number of carboxylic acid groups (broad SMARTS) is 1. The van der Waals surface area contributed by atoms with Gasteiger partial charge in [-0.3, -0.25) is 4.68 Å². The van der Waals surface area contributed by atoms with Gasteiger partial charge in [-0.05, 0) is 25.1 Å². The van der Waals surface area contributed by atoms with Crippen LogP contribution in [-0.4, -0.2) is 25.8 Å². The standard InChI is InChI=1S/C12H14N4O2/c1-8-10(12(17)18)3-4-11(15-8)13-7-9-5-6-14-16(9)2/h3-6H,7H2,1-2H3,(H,13,15)(H,17,18). The normalized spacial score (nSPS) is 10.3. The maximum absolute atomic E-state index is 10.9. The molecule has 0 unspecified atom stereocenters. The number of aryl methyl sites for hydroxylation is 2. The molecule has 2 aromatic rings. The van der Waals surface area contributed by atoms with Crippen LogP contribution in [0.5, 0.6) is 0 Å². The second kappa shape index (κ2) is 4.87. The number of nitrogens with zero attached hydrogens (tertiary/aromatic N) is 3. The first-order chi connectivity index (χ1) is 8.58. The second-order valence-corrected chi connectivity index (χ2v) is 3.93. The quantitative estimate of drug-likeness (QED) is 0.853. The fourth-order valence-corrected chi connectivity index (χ4v) is 1.64. The predicted octanol–water partition coefficient (Wildman–Crippen LogP) is 1.43. The number of aromatic nitrogens is 3. The van der Waals surface area contributed by atoms with E-state index in [1.807, 2.05) is 13.1 Å². The largest absolute Gasteiger partial charge is 0.478 e. The third-order valence-corrected chi connectivity index (χ3v) is 2.69. The molecule has 0 aromatic carbocycles. The van der Waals surface area contributed by atoms with Crippen molar-refractivity contribution in [1.82, 2.24) is 14.8 Å². The number of rotatable bonds is 4. The molecule has 6 nitrogen and oxygen atoms in total. The molecular formula is C12H14N4O2. The fourth-order valence-electron chi connectivity index (χ4n) is 1.64. The zero-order valence-electron chi connectivity index (χ0n) is 10.2. The van der Waals surface area contributed by atoms with Crippen LogP contribution >= 0.6 is 0 Å². The predicted molar refractivity (Wildman–Crippen MR) is 66.5 cm³/mol. The van der Waals surface area contributed by atoms with Crippen LogP contribution in [0.15, 0.2) is 24.4 Å². The molecular weight excluding hydrogens is 232 g/mol. The van der Waals surface area contributed by atoms with Crippen molar-refractivity contribution in [3.8, 4) is 0 Å². The Hall–Kier alpha value is -2.37. The minimum atomic E-state index is -0.960. The van der Waals surface area contributed by atoms with Crippen LogP contribution in [0.4, 0.5) is 5.82 Å². The number of nitrogens with one attached hydrogen (secondary N) is 1. The molecule has 2 heterocycles. The van der Waals surface area contributed by atoms with E-state index in [9.17, 15) is 4.79 Å². The van der Waals surface area contributed by atoms with Crippen molar-refractivity contribution in [1.29, 1.82) is 0 Å². The molecule has 0 atom stereocenters. The molecule has 0 radical (unpaired) electrons. The van der Waals surface area contributed by atoms with E-state index in [0.29, 0.717) is 18.1 Å². The highest BCUT2D eigenvalue weighted by atomic mass is 16.4. The molecule has 6 heteroatoms. The van der Waals surface area contributed by atoms with Crippen molar-refractivity contribution in [3.05, 3.63) is 41.3 Å². The highest BCUT2D eigenvalue weighted by molar-refractivity contribution is 5.89. The Balaban J connectivity index is 2.09. The zero-order chi connectivity index (χ0) is 13.1. The first-order valence-electron chi connectivity index (χ1n) is 5.49. The smallest absolute Gasteiger partial charge is 0.337 e. The third-order valence-electron chi connectivity index (χ3n) is 2.69. The molecule has 0 aliphatic heterocycles. The number of hydrogen-bond donors (Lipinski definition) is 2. The summed E-state index contributed by atoms with van der Waals surface area (Å²) in [6.07, 6.45) is 1.73. The van der Waals surface area contributed by atoms with Crippen LogP contribution in [0.2, 0.25) is 0 Å². The highest BCUT2D eigenvalue weighted by Crippen LogP contribution is 2.11. The van der Waals surface area contributed by atoms with Crippen LogP contribution in [-0.2, 0) is 13.6 Å². The fraction of sp³-hybridized carbons (Fsp3) is 0.250. The van der Waals surface area contributed by atoms with Gasteiger partial charge in [-0.2, -0.15) is 5.10 Å². The maximum Gasteiger partial charge on any atom is 0.337 e. The van der Waals surface area contributed by atoms with Crippen molar-refractivity contribution >= 4 is 11.8 Å². The molecule has 2 aromatic heterocycles. The molecule has 0 amide bonds. The molecule has 2 N–H and O–H groups in total. The topological polar surface area (TPSA) is 80.0 Å². The lowest BCUT2D eigenvalue weighted by molar-refractivity contribution is 0.0695. The van der Waals surface area contributed by atoms with Crippen molar-refractivity contribution in [2.75, 3.05) is 5.32 Å². The van der Waals surface area contributed by atoms with Crippen molar-refractivity contribution in [2.24, 2.45) is 7.05 Å². The van der Waals surface area contributed by atoms with Gasteiger partial charge in [0, 0.05) is 13.2 Å². The Morgan fingerprint density at radius 3 is 2.78 bits per heavy atom. The molecule has 0 fully saturated rings. The summed E-state index contributed by atoms with van der Waals surface area (Å²) in [4.78, 5) is 15.1. The lowest BCUT2D eigenvalue weighted by Crippen LogP contribution is -2.08. The minimum absolute atomic E-state index is 0.223. The van der Waals surface area contributed by atoms with Gasteiger partial charge in [0.15, 0.2) is 0 Å². The Morgan fingerprint density at radius 2 is 2.22 bits per heavy atom. The van der Waals surface area contributed by atoms with Gasteiger partial charge in [-0.25, -0.2) is 9.78 Å².